The minimum atomic E-state index is -3.54. The molecule has 0 aliphatic carbocycles. The first-order chi connectivity index (χ1) is 11.0. The van der Waals surface area contributed by atoms with Crippen LogP contribution in [0.4, 0.5) is 5.69 Å². The molecule has 6 heteroatoms. The SMILES string of the molecule is O=C1CCc2cc(S(=O)(=O)NCCc3ccccc3)ccc2N1. The molecule has 120 valence electrons. The lowest BCUT2D eigenvalue weighted by Gasteiger charge is -2.17. The van der Waals surface area contributed by atoms with Crippen LogP contribution in [0.5, 0.6) is 0 Å². The Kier molecular flexibility index (Phi) is 4.45. The average molecular weight is 330 g/mol. The Morgan fingerprint density at radius 2 is 1.83 bits per heavy atom. The van der Waals surface area contributed by atoms with Crippen molar-refractivity contribution >= 4 is 21.6 Å². The predicted molar refractivity (Wildman–Crippen MR) is 88.7 cm³/mol. The first-order valence-corrected chi connectivity index (χ1v) is 8.99. The summed E-state index contributed by atoms with van der Waals surface area (Å²) in [4.78, 5) is 11.6. The fraction of sp³-hybridized carbons (Fsp3) is 0.235. The number of amides is 1. The van der Waals surface area contributed by atoms with Crippen LogP contribution in [0.1, 0.15) is 17.5 Å². The molecule has 0 saturated heterocycles. The zero-order valence-electron chi connectivity index (χ0n) is 12.6. The van der Waals surface area contributed by atoms with Gasteiger partial charge in [-0.1, -0.05) is 30.3 Å². The van der Waals surface area contributed by atoms with Crippen molar-refractivity contribution < 1.29 is 13.2 Å². The highest BCUT2D eigenvalue weighted by atomic mass is 32.2. The topological polar surface area (TPSA) is 75.3 Å². The summed E-state index contributed by atoms with van der Waals surface area (Å²) in [6.45, 7) is 0.347. The van der Waals surface area contributed by atoms with E-state index in [9.17, 15) is 13.2 Å². The van der Waals surface area contributed by atoms with Crippen LogP contribution >= 0.6 is 0 Å². The highest BCUT2D eigenvalue weighted by Gasteiger charge is 2.19. The lowest BCUT2D eigenvalue weighted by molar-refractivity contribution is -0.116. The van der Waals surface area contributed by atoms with Crippen LogP contribution < -0.4 is 10.0 Å². The molecule has 2 N–H and O–H groups in total. The fourth-order valence-corrected chi connectivity index (χ4v) is 3.67. The second kappa shape index (κ2) is 6.52. The van der Waals surface area contributed by atoms with Crippen molar-refractivity contribution in [1.82, 2.24) is 4.72 Å². The molecule has 0 fully saturated rings. The second-order valence-corrected chi connectivity index (χ2v) is 7.27. The van der Waals surface area contributed by atoms with Gasteiger partial charge in [0.2, 0.25) is 15.9 Å². The lowest BCUT2D eigenvalue weighted by Crippen LogP contribution is -2.26. The molecule has 0 unspecified atom stereocenters. The molecule has 1 aliphatic rings. The van der Waals surface area contributed by atoms with E-state index in [1.807, 2.05) is 30.3 Å². The van der Waals surface area contributed by atoms with Gasteiger partial charge in [-0.3, -0.25) is 4.79 Å². The molecule has 2 aromatic rings. The molecule has 0 saturated carbocycles. The predicted octanol–water partition coefficient (Wildman–Crippen LogP) is 2.09. The summed E-state index contributed by atoms with van der Waals surface area (Å²) >= 11 is 0. The third kappa shape index (κ3) is 3.78. The van der Waals surface area contributed by atoms with Crippen molar-refractivity contribution in [3.05, 3.63) is 59.7 Å². The number of hydrogen-bond acceptors (Lipinski definition) is 3. The Balaban J connectivity index is 1.69. The highest BCUT2D eigenvalue weighted by molar-refractivity contribution is 7.89. The monoisotopic (exact) mass is 330 g/mol. The minimum absolute atomic E-state index is 0.0332. The van der Waals surface area contributed by atoms with E-state index in [1.165, 1.54) is 6.07 Å². The fourth-order valence-electron chi connectivity index (χ4n) is 2.58. The standard InChI is InChI=1S/C17H18N2O3S/c20-17-9-6-14-12-15(7-8-16(14)19-17)23(21,22)18-11-10-13-4-2-1-3-5-13/h1-5,7-8,12,18H,6,9-11H2,(H,19,20). The van der Waals surface area contributed by atoms with Crippen molar-refractivity contribution in [3.63, 3.8) is 0 Å². The van der Waals surface area contributed by atoms with Gasteiger partial charge < -0.3 is 5.32 Å². The number of rotatable bonds is 5. The molecule has 0 bridgehead atoms. The van der Waals surface area contributed by atoms with Crippen LogP contribution in [0.25, 0.3) is 0 Å². The van der Waals surface area contributed by atoms with Crippen molar-refractivity contribution in [1.29, 1.82) is 0 Å². The maximum Gasteiger partial charge on any atom is 0.240 e. The molecule has 5 nitrogen and oxygen atoms in total. The summed E-state index contributed by atoms with van der Waals surface area (Å²) in [5, 5.41) is 2.75. The van der Waals surface area contributed by atoms with Gasteiger partial charge in [0.25, 0.3) is 0 Å². The molecule has 1 heterocycles. The Hall–Kier alpha value is -2.18. The number of aryl methyl sites for hydroxylation is 1. The molecule has 2 aromatic carbocycles. The average Bonchev–Trinajstić information content (AvgIpc) is 2.55. The van der Waals surface area contributed by atoms with Gasteiger partial charge in [-0.05, 0) is 42.2 Å². The van der Waals surface area contributed by atoms with Crippen molar-refractivity contribution in [2.24, 2.45) is 0 Å². The van der Waals surface area contributed by atoms with Gasteiger partial charge in [0, 0.05) is 18.7 Å². The van der Waals surface area contributed by atoms with Crippen molar-refractivity contribution in [3.8, 4) is 0 Å². The van der Waals surface area contributed by atoms with Gasteiger partial charge in [-0.15, -0.1) is 0 Å². The molecular weight excluding hydrogens is 312 g/mol. The summed E-state index contributed by atoms with van der Waals surface area (Å²) < 4.78 is 27.4. The van der Waals surface area contributed by atoms with Crippen LogP contribution in [0, 0.1) is 0 Å². The maximum absolute atomic E-state index is 12.4. The van der Waals surface area contributed by atoms with E-state index >= 15 is 0 Å². The summed E-state index contributed by atoms with van der Waals surface area (Å²) in [6, 6.07) is 14.5. The summed E-state index contributed by atoms with van der Waals surface area (Å²) in [7, 11) is -3.54. The van der Waals surface area contributed by atoms with Crippen LogP contribution in [0.15, 0.2) is 53.4 Å². The summed E-state index contributed by atoms with van der Waals surface area (Å²) in [5.74, 6) is -0.0332. The van der Waals surface area contributed by atoms with E-state index in [2.05, 4.69) is 10.0 Å². The zero-order chi connectivity index (χ0) is 16.3. The van der Waals surface area contributed by atoms with Crippen LogP contribution in [-0.2, 0) is 27.7 Å². The van der Waals surface area contributed by atoms with Gasteiger partial charge in [0.1, 0.15) is 0 Å². The second-order valence-electron chi connectivity index (χ2n) is 5.50. The van der Waals surface area contributed by atoms with E-state index < -0.39 is 10.0 Å². The molecule has 0 radical (unpaired) electrons. The van der Waals surface area contributed by atoms with E-state index in [0.29, 0.717) is 31.5 Å². The zero-order valence-corrected chi connectivity index (χ0v) is 13.4. The quantitative estimate of drug-likeness (QED) is 0.881. The summed E-state index contributed by atoms with van der Waals surface area (Å²) in [5.41, 5.74) is 2.64. The molecule has 0 spiro atoms. The van der Waals surface area contributed by atoms with Gasteiger partial charge in [0.15, 0.2) is 0 Å². The van der Waals surface area contributed by atoms with Crippen LogP contribution in [-0.4, -0.2) is 20.9 Å². The number of nitrogens with one attached hydrogen (secondary N) is 2. The number of benzene rings is 2. The maximum atomic E-state index is 12.4. The molecule has 23 heavy (non-hydrogen) atoms. The number of fused-ring (bicyclic) bond motifs is 1. The third-order valence-electron chi connectivity index (χ3n) is 3.83. The van der Waals surface area contributed by atoms with E-state index in [0.717, 1.165) is 11.1 Å². The number of sulfonamides is 1. The van der Waals surface area contributed by atoms with E-state index in [1.54, 1.807) is 12.1 Å². The first kappa shape index (κ1) is 15.7. The van der Waals surface area contributed by atoms with Gasteiger partial charge in [-0.2, -0.15) is 0 Å². The van der Waals surface area contributed by atoms with Crippen molar-refractivity contribution in [2.45, 2.75) is 24.2 Å². The largest absolute Gasteiger partial charge is 0.326 e. The van der Waals surface area contributed by atoms with Crippen LogP contribution in [0.2, 0.25) is 0 Å². The lowest BCUT2D eigenvalue weighted by atomic mass is 10.0. The normalized spacial score (nSPS) is 14.2. The highest BCUT2D eigenvalue weighted by Crippen LogP contribution is 2.25. The third-order valence-corrected chi connectivity index (χ3v) is 5.29. The minimum Gasteiger partial charge on any atom is -0.326 e. The number of carbonyl (C=O) groups excluding carboxylic acids is 1. The Labute approximate surface area is 135 Å². The van der Waals surface area contributed by atoms with Gasteiger partial charge in [0.05, 0.1) is 4.90 Å². The van der Waals surface area contributed by atoms with E-state index in [-0.39, 0.29) is 10.8 Å². The molecule has 0 aromatic heterocycles. The number of carbonyl (C=O) groups is 1. The molecule has 1 amide bonds. The van der Waals surface area contributed by atoms with Crippen molar-refractivity contribution in [2.75, 3.05) is 11.9 Å². The Bertz CT molecular complexity index is 817. The Morgan fingerprint density at radius 1 is 1.04 bits per heavy atom. The summed E-state index contributed by atoms with van der Waals surface area (Å²) in [6.07, 6.45) is 1.59. The molecule has 0 atom stereocenters. The number of hydrogen-bond donors (Lipinski definition) is 2. The molecule has 1 aliphatic heterocycles. The molecular formula is C17H18N2O3S. The molecule has 3 rings (SSSR count). The van der Waals surface area contributed by atoms with Crippen LogP contribution in [0.3, 0.4) is 0 Å². The number of anilines is 1. The smallest absolute Gasteiger partial charge is 0.240 e. The first-order valence-electron chi connectivity index (χ1n) is 7.51. The Morgan fingerprint density at radius 3 is 2.61 bits per heavy atom. The van der Waals surface area contributed by atoms with E-state index in [4.69, 9.17) is 0 Å². The van der Waals surface area contributed by atoms with Gasteiger partial charge in [-0.25, -0.2) is 13.1 Å². The van der Waals surface area contributed by atoms with Gasteiger partial charge >= 0.3 is 0 Å².